The molecule has 1 heterocycles. The van der Waals surface area contributed by atoms with Crippen molar-refractivity contribution in [2.24, 2.45) is 0 Å². The fraction of sp³-hybridized carbons (Fsp3) is 0.364. The first-order valence-electron chi connectivity index (χ1n) is 5.35. The van der Waals surface area contributed by atoms with E-state index in [4.69, 9.17) is 9.47 Å². The number of ether oxygens (including phenoxy) is 2. The summed E-state index contributed by atoms with van der Waals surface area (Å²) in [6.45, 7) is 2.56. The van der Waals surface area contributed by atoms with Crippen molar-refractivity contribution in [2.75, 3.05) is 19.5 Å². The fourth-order valence-electron chi connectivity index (χ4n) is 1.62. The SMILES string of the molecule is COc1cc(CNc2nnns2)c(OC)cc1C. The Morgan fingerprint density at radius 2 is 2.00 bits per heavy atom. The summed E-state index contributed by atoms with van der Waals surface area (Å²) in [7, 11) is 3.30. The van der Waals surface area contributed by atoms with Gasteiger partial charge in [-0.25, -0.2) is 0 Å². The summed E-state index contributed by atoms with van der Waals surface area (Å²) in [5.74, 6) is 1.65. The predicted molar refractivity (Wildman–Crippen MR) is 69.3 cm³/mol. The molecule has 0 unspecified atom stereocenters. The summed E-state index contributed by atoms with van der Waals surface area (Å²) < 4.78 is 14.3. The zero-order valence-electron chi connectivity index (χ0n) is 10.4. The van der Waals surface area contributed by atoms with Gasteiger partial charge in [0, 0.05) is 23.6 Å². The van der Waals surface area contributed by atoms with Gasteiger partial charge in [0.05, 0.1) is 14.2 Å². The first kappa shape index (κ1) is 12.6. The van der Waals surface area contributed by atoms with Crippen LogP contribution in [-0.2, 0) is 6.54 Å². The molecule has 0 radical (unpaired) electrons. The lowest BCUT2D eigenvalue weighted by atomic mass is 10.1. The molecule has 18 heavy (non-hydrogen) atoms. The number of benzene rings is 1. The molecular formula is C11H14N4O2S. The molecule has 0 amide bonds. The van der Waals surface area contributed by atoms with E-state index in [2.05, 4.69) is 20.1 Å². The highest BCUT2D eigenvalue weighted by atomic mass is 32.1. The number of hydrogen-bond donors (Lipinski definition) is 1. The summed E-state index contributed by atoms with van der Waals surface area (Å²) >= 11 is 1.21. The number of methoxy groups -OCH3 is 2. The number of nitrogens with zero attached hydrogens (tertiary/aromatic N) is 3. The molecule has 7 heteroatoms. The summed E-state index contributed by atoms with van der Waals surface area (Å²) in [6, 6.07) is 3.91. The maximum atomic E-state index is 5.35. The summed E-state index contributed by atoms with van der Waals surface area (Å²) in [5, 5.41) is 11.2. The van der Waals surface area contributed by atoms with Crippen LogP contribution in [0.15, 0.2) is 12.1 Å². The van der Waals surface area contributed by atoms with E-state index in [1.165, 1.54) is 11.5 Å². The molecule has 0 fully saturated rings. The van der Waals surface area contributed by atoms with Gasteiger partial charge in [0.1, 0.15) is 11.5 Å². The lowest BCUT2D eigenvalue weighted by molar-refractivity contribution is 0.397. The average Bonchev–Trinajstić information content (AvgIpc) is 2.90. The summed E-state index contributed by atoms with van der Waals surface area (Å²) in [6.07, 6.45) is 0. The van der Waals surface area contributed by atoms with Gasteiger partial charge in [0.15, 0.2) is 0 Å². The van der Waals surface area contributed by atoms with Gasteiger partial charge >= 0.3 is 0 Å². The molecule has 1 N–H and O–H groups in total. The van der Waals surface area contributed by atoms with Crippen molar-refractivity contribution >= 4 is 16.7 Å². The van der Waals surface area contributed by atoms with Gasteiger partial charge in [-0.1, -0.05) is 9.59 Å². The number of aromatic nitrogens is 3. The molecule has 0 atom stereocenters. The average molecular weight is 266 g/mol. The maximum Gasteiger partial charge on any atom is 0.225 e. The zero-order valence-corrected chi connectivity index (χ0v) is 11.2. The third kappa shape index (κ3) is 2.67. The Morgan fingerprint density at radius 3 is 2.61 bits per heavy atom. The number of aryl methyl sites for hydroxylation is 1. The normalized spacial score (nSPS) is 10.2. The van der Waals surface area contributed by atoms with Gasteiger partial charge in [0.25, 0.3) is 0 Å². The molecule has 0 aliphatic rings. The van der Waals surface area contributed by atoms with Crippen molar-refractivity contribution in [1.29, 1.82) is 0 Å². The van der Waals surface area contributed by atoms with Crippen LogP contribution in [-0.4, -0.2) is 29.0 Å². The van der Waals surface area contributed by atoms with Crippen LogP contribution in [0.25, 0.3) is 0 Å². The summed E-state index contributed by atoms with van der Waals surface area (Å²) in [5.41, 5.74) is 2.03. The van der Waals surface area contributed by atoms with Crippen molar-refractivity contribution in [1.82, 2.24) is 14.8 Å². The van der Waals surface area contributed by atoms with Gasteiger partial charge in [0.2, 0.25) is 5.13 Å². The number of anilines is 1. The van der Waals surface area contributed by atoms with E-state index in [1.54, 1.807) is 14.2 Å². The van der Waals surface area contributed by atoms with Gasteiger partial charge < -0.3 is 14.8 Å². The quantitative estimate of drug-likeness (QED) is 0.891. The van der Waals surface area contributed by atoms with Crippen LogP contribution in [0.4, 0.5) is 5.13 Å². The van der Waals surface area contributed by atoms with Gasteiger partial charge in [-0.15, -0.1) is 0 Å². The molecule has 0 saturated carbocycles. The molecular weight excluding hydrogens is 252 g/mol. The van der Waals surface area contributed by atoms with Crippen molar-refractivity contribution in [3.8, 4) is 11.5 Å². The lowest BCUT2D eigenvalue weighted by Crippen LogP contribution is -2.03. The van der Waals surface area contributed by atoms with Crippen molar-refractivity contribution in [3.63, 3.8) is 0 Å². The zero-order chi connectivity index (χ0) is 13.0. The van der Waals surface area contributed by atoms with Gasteiger partial charge in [-0.2, -0.15) is 0 Å². The van der Waals surface area contributed by atoms with Crippen molar-refractivity contribution < 1.29 is 9.47 Å². The Kier molecular flexibility index (Phi) is 3.93. The van der Waals surface area contributed by atoms with E-state index in [0.29, 0.717) is 11.7 Å². The Balaban J connectivity index is 2.19. The predicted octanol–water partition coefficient (Wildman–Crippen LogP) is 1.87. The van der Waals surface area contributed by atoms with E-state index in [-0.39, 0.29) is 0 Å². The molecule has 1 aromatic heterocycles. The maximum absolute atomic E-state index is 5.35. The second-order valence-corrected chi connectivity index (χ2v) is 4.39. The first-order chi connectivity index (χ1) is 8.74. The molecule has 0 spiro atoms. The molecule has 0 bridgehead atoms. The highest BCUT2D eigenvalue weighted by molar-refractivity contribution is 7.09. The van der Waals surface area contributed by atoms with Crippen LogP contribution in [0.2, 0.25) is 0 Å². The monoisotopic (exact) mass is 266 g/mol. The Labute approximate surface area is 109 Å². The van der Waals surface area contributed by atoms with E-state index in [9.17, 15) is 0 Å². The van der Waals surface area contributed by atoms with E-state index in [0.717, 1.165) is 22.6 Å². The van der Waals surface area contributed by atoms with Crippen LogP contribution in [0.1, 0.15) is 11.1 Å². The minimum atomic E-state index is 0.580. The van der Waals surface area contributed by atoms with Crippen LogP contribution in [0.3, 0.4) is 0 Å². The minimum Gasteiger partial charge on any atom is -0.496 e. The fourth-order valence-corrected chi connectivity index (χ4v) is 1.98. The first-order valence-corrected chi connectivity index (χ1v) is 6.12. The summed E-state index contributed by atoms with van der Waals surface area (Å²) in [4.78, 5) is 0. The van der Waals surface area contributed by atoms with Crippen LogP contribution >= 0.6 is 11.5 Å². The lowest BCUT2D eigenvalue weighted by Gasteiger charge is -2.13. The molecule has 2 rings (SSSR count). The molecule has 0 aliphatic heterocycles. The molecule has 0 aliphatic carbocycles. The number of hydrogen-bond acceptors (Lipinski definition) is 7. The third-order valence-corrected chi connectivity index (χ3v) is 3.08. The minimum absolute atomic E-state index is 0.580. The molecule has 0 saturated heterocycles. The Bertz CT molecular complexity index is 516. The van der Waals surface area contributed by atoms with E-state index in [1.807, 2.05) is 19.1 Å². The standard InChI is InChI=1S/C11H14N4O2S/c1-7-4-10(17-3)8(5-9(7)16-2)6-12-11-13-14-15-18-11/h4-5H,6H2,1-3H3,(H,12,13,15). The topological polar surface area (TPSA) is 69.2 Å². The molecule has 6 nitrogen and oxygen atoms in total. The van der Waals surface area contributed by atoms with Crippen molar-refractivity contribution in [3.05, 3.63) is 23.3 Å². The van der Waals surface area contributed by atoms with Crippen LogP contribution < -0.4 is 14.8 Å². The third-order valence-electron chi connectivity index (χ3n) is 2.53. The Morgan fingerprint density at radius 1 is 1.22 bits per heavy atom. The van der Waals surface area contributed by atoms with Crippen molar-refractivity contribution in [2.45, 2.75) is 13.5 Å². The van der Waals surface area contributed by atoms with E-state index >= 15 is 0 Å². The second-order valence-electron chi connectivity index (χ2n) is 3.65. The number of rotatable bonds is 5. The molecule has 2 aromatic rings. The van der Waals surface area contributed by atoms with E-state index < -0.39 is 0 Å². The second kappa shape index (κ2) is 5.63. The smallest absolute Gasteiger partial charge is 0.225 e. The van der Waals surface area contributed by atoms with Gasteiger partial charge in [-0.05, 0) is 29.8 Å². The Hall–Kier alpha value is -1.89. The highest BCUT2D eigenvalue weighted by Gasteiger charge is 2.09. The molecule has 96 valence electrons. The molecule has 1 aromatic carbocycles. The highest BCUT2D eigenvalue weighted by Crippen LogP contribution is 2.28. The van der Waals surface area contributed by atoms with Gasteiger partial charge in [-0.3, -0.25) is 0 Å². The van der Waals surface area contributed by atoms with Crippen LogP contribution in [0.5, 0.6) is 11.5 Å². The number of nitrogens with one attached hydrogen (secondary N) is 1. The largest absolute Gasteiger partial charge is 0.496 e. The van der Waals surface area contributed by atoms with Crippen LogP contribution in [0, 0.1) is 6.92 Å².